The molecule has 30 heavy (non-hydrogen) atoms. The molecule has 0 aromatic carbocycles. The number of nitrogens with zero attached hydrogens (tertiary/aromatic N) is 1. The second-order valence-electron chi connectivity index (χ2n) is 9.18. The topological polar surface area (TPSA) is 151 Å². The Balaban J connectivity index is 2.14. The average Bonchev–Trinajstić information content (AvgIpc) is 3.34. The first kappa shape index (κ1) is 23.6. The second-order valence-corrected chi connectivity index (χ2v) is 9.18. The summed E-state index contributed by atoms with van der Waals surface area (Å²) in [6.07, 6.45) is 3.33. The number of rotatable bonds is 8. The SMILES string of the molecule is CNC(=O)NC(C(=O)N1CCC[C@H]1C(=O)NC(CC1CC1)C(=O)C(N)=O)C(C)(C)C. The highest BCUT2D eigenvalue weighted by atomic mass is 16.2. The fraction of sp³-hybridized carbons (Fsp3) is 0.750. The Morgan fingerprint density at radius 1 is 1.07 bits per heavy atom. The minimum atomic E-state index is -1.08. The van der Waals surface area contributed by atoms with E-state index >= 15 is 0 Å². The number of nitrogens with two attached hydrogens (primary N) is 1. The van der Waals surface area contributed by atoms with Gasteiger partial charge in [0, 0.05) is 13.6 Å². The molecule has 10 nitrogen and oxygen atoms in total. The first-order chi connectivity index (χ1) is 14.0. The van der Waals surface area contributed by atoms with Gasteiger partial charge in [-0.2, -0.15) is 0 Å². The Morgan fingerprint density at radius 3 is 2.20 bits per heavy atom. The Hall–Kier alpha value is -2.65. The number of hydrogen-bond acceptors (Lipinski definition) is 5. The zero-order valence-corrected chi connectivity index (χ0v) is 18.1. The van der Waals surface area contributed by atoms with Crippen LogP contribution in [0.5, 0.6) is 0 Å². The van der Waals surface area contributed by atoms with Crippen molar-refractivity contribution in [3.63, 3.8) is 0 Å². The van der Waals surface area contributed by atoms with Gasteiger partial charge in [-0.15, -0.1) is 0 Å². The third-order valence-corrected chi connectivity index (χ3v) is 5.60. The van der Waals surface area contributed by atoms with E-state index in [9.17, 15) is 24.0 Å². The summed E-state index contributed by atoms with van der Waals surface area (Å²) < 4.78 is 0. The molecule has 0 aromatic rings. The van der Waals surface area contributed by atoms with Gasteiger partial charge in [0.05, 0.1) is 6.04 Å². The van der Waals surface area contributed by atoms with Crippen molar-refractivity contribution in [2.24, 2.45) is 17.1 Å². The number of ketones is 1. The van der Waals surface area contributed by atoms with Crippen LogP contribution in [0.3, 0.4) is 0 Å². The van der Waals surface area contributed by atoms with Crippen molar-refractivity contribution in [2.75, 3.05) is 13.6 Å². The number of carbonyl (C=O) groups excluding carboxylic acids is 5. The molecule has 1 heterocycles. The van der Waals surface area contributed by atoms with Crippen LogP contribution in [0.1, 0.15) is 52.9 Å². The first-order valence-corrected chi connectivity index (χ1v) is 10.4. The molecule has 10 heteroatoms. The van der Waals surface area contributed by atoms with Gasteiger partial charge in [0.2, 0.25) is 17.6 Å². The molecule has 2 rings (SSSR count). The highest BCUT2D eigenvalue weighted by Crippen LogP contribution is 2.34. The van der Waals surface area contributed by atoms with Gasteiger partial charge >= 0.3 is 6.03 Å². The van der Waals surface area contributed by atoms with Crippen molar-refractivity contribution in [3.05, 3.63) is 0 Å². The lowest BCUT2D eigenvalue weighted by Gasteiger charge is -2.35. The normalized spacial score (nSPS) is 20.8. The number of likely N-dealkylation sites (tertiary alicyclic amines) is 1. The van der Waals surface area contributed by atoms with Gasteiger partial charge in [-0.1, -0.05) is 33.6 Å². The van der Waals surface area contributed by atoms with E-state index in [1.807, 2.05) is 20.8 Å². The van der Waals surface area contributed by atoms with Gasteiger partial charge in [0.1, 0.15) is 12.1 Å². The Labute approximate surface area is 176 Å². The van der Waals surface area contributed by atoms with Gasteiger partial charge < -0.3 is 26.6 Å². The van der Waals surface area contributed by atoms with Crippen molar-refractivity contribution < 1.29 is 24.0 Å². The predicted octanol–water partition coefficient (Wildman–Crippen LogP) is -0.340. The summed E-state index contributed by atoms with van der Waals surface area (Å²) in [6, 6.07) is -3.06. The number of carbonyl (C=O) groups is 5. The van der Waals surface area contributed by atoms with Crippen LogP contribution in [0.15, 0.2) is 0 Å². The molecule has 2 unspecified atom stereocenters. The van der Waals surface area contributed by atoms with E-state index in [4.69, 9.17) is 5.73 Å². The molecule has 1 aliphatic carbocycles. The van der Waals surface area contributed by atoms with Crippen LogP contribution in [0, 0.1) is 11.3 Å². The van der Waals surface area contributed by atoms with Crippen molar-refractivity contribution in [2.45, 2.75) is 71.0 Å². The maximum absolute atomic E-state index is 13.2. The van der Waals surface area contributed by atoms with Gasteiger partial charge in [-0.3, -0.25) is 19.2 Å². The number of hydrogen-bond donors (Lipinski definition) is 4. The molecule has 0 aromatic heterocycles. The van der Waals surface area contributed by atoms with Crippen LogP contribution < -0.4 is 21.7 Å². The lowest BCUT2D eigenvalue weighted by atomic mass is 9.85. The Kier molecular flexibility index (Phi) is 7.44. The molecule has 2 aliphatic rings. The largest absolute Gasteiger partial charge is 0.363 e. The minimum absolute atomic E-state index is 0.293. The lowest BCUT2D eigenvalue weighted by molar-refractivity contribution is -0.143. The molecule has 1 aliphatic heterocycles. The summed E-state index contributed by atoms with van der Waals surface area (Å²) >= 11 is 0. The molecule has 5 amide bonds. The predicted molar refractivity (Wildman–Crippen MR) is 109 cm³/mol. The monoisotopic (exact) mass is 423 g/mol. The van der Waals surface area contributed by atoms with E-state index in [0.29, 0.717) is 31.7 Å². The molecular formula is C20H33N5O5. The van der Waals surface area contributed by atoms with E-state index in [2.05, 4.69) is 16.0 Å². The maximum atomic E-state index is 13.2. The summed E-state index contributed by atoms with van der Waals surface area (Å²) in [5.74, 6) is -2.44. The van der Waals surface area contributed by atoms with Crippen LogP contribution in [0.25, 0.3) is 0 Å². The fourth-order valence-corrected chi connectivity index (χ4v) is 3.68. The fourth-order valence-electron chi connectivity index (χ4n) is 3.68. The molecule has 0 radical (unpaired) electrons. The van der Waals surface area contributed by atoms with Crippen LogP contribution in [-0.2, 0) is 19.2 Å². The highest BCUT2D eigenvalue weighted by molar-refractivity contribution is 6.37. The maximum Gasteiger partial charge on any atom is 0.315 e. The zero-order chi connectivity index (χ0) is 22.6. The van der Waals surface area contributed by atoms with Crippen LogP contribution in [0.4, 0.5) is 4.79 Å². The van der Waals surface area contributed by atoms with Crippen molar-refractivity contribution in [1.82, 2.24) is 20.9 Å². The van der Waals surface area contributed by atoms with Crippen molar-refractivity contribution >= 4 is 29.5 Å². The molecule has 5 N–H and O–H groups in total. The van der Waals surface area contributed by atoms with Gasteiger partial charge in [0.15, 0.2) is 0 Å². The van der Waals surface area contributed by atoms with Gasteiger partial charge in [-0.05, 0) is 30.6 Å². The summed E-state index contributed by atoms with van der Waals surface area (Å²) in [5, 5.41) is 7.74. The van der Waals surface area contributed by atoms with Crippen LogP contribution >= 0.6 is 0 Å². The molecular weight excluding hydrogens is 390 g/mol. The Bertz CT molecular complexity index is 713. The number of primary amides is 1. The number of nitrogens with one attached hydrogen (secondary N) is 3. The average molecular weight is 424 g/mol. The summed E-state index contributed by atoms with van der Waals surface area (Å²) in [7, 11) is 1.46. The number of Topliss-reactive ketones (excluding diaryl/α,β-unsaturated/α-hetero) is 1. The molecule has 0 bridgehead atoms. The van der Waals surface area contributed by atoms with Gasteiger partial charge in [-0.25, -0.2) is 4.79 Å². The van der Waals surface area contributed by atoms with E-state index in [1.54, 1.807) is 0 Å². The summed E-state index contributed by atoms with van der Waals surface area (Å²) in [4.78, 5) is 63.0. The molecule has 1 saturated heterocycles. The quantitative estimate of drug-likeness (QED) is 0.394. The molecule has 168 valence electrons. The molecule has 0 spiro atoms. The van der Waals surface area contributed by atoms with E-state index in [1.165, 1.54) is 11.9 Å². The standard InChI is InChI=1S/C20H33N5O5/c1-20(2,3)15(24-19(30)22-4)18(29)25-9-5-6-13(25)17(28)23-12(10-11-7-8-11)14(26)16(21)27/h11-13,15H,5-10H2,1-4H3,(H2,21,27)(H,23,28)(H2,22,24,30)/t12?,13-,15?/m0/s1. The lowest BCUT2D eigenvalue weighted by Crippen LogP contribution is -2.59. The minimum Gasteiger partial charge on any atom is -0.363 e. The molecule has 3 atom stereocenters. The summed E-state index contributed by atoms with van der Waals surface area (Å²) in [6.45, 7) is 5.85. The van der Waals surface area contributed by atoms with E-state index < -0.39 is 47.2 Å². The smallest absolute Gasteiger partial charge is 0.315 e. The highest BCUT2D eigenvalue weighted by Gasteiger charge is 2.43. The first-order valence-electron chi connectivity index (χ1n) is 10.4. The molecule has 1 saturated carbocycles. The molecule has 2 fully saturated rings. The van der Waals surface area contributed by atoms with E-state index in [-0.39, 0.29) is 5.91 Å². The van der Waals surface area contributed by atoms with Crippen molar-refractivity contribution in [1.29, 1.82) is 0 Å². The van der Waals surface area contributed by atoms with Gasteiger partial charge in [0.25, 0.3) is 5.91 Å². The third kappa shape index (κ3) is 5.93. The second kappa shape index (κ2) is 9.44. The number of amides is 5. The van der Waals surface area contributed by atoms with Crippen LogP contribution in [0.2, 0.25) is 0 Å². The van der Waals surface area contributed by atoms with Crippen LogP contribution in [-0.4, -0.2) is 66.2 Å². The number of urea groups is 1. The van der Waals surface area contributed by atoms with Crippen molar-refractivity contribution in [3.8, 4) is 0 Å². The van der Waals surface area contributed by atoms with E-state index in [0.717, 1.165) is 12.8 Å². The summed E-state index contributed by atoms with van der Waals surface area (Å²) in [5.41, 5.74) is 4.55. The zero-order valence-electron chi connectivity index (χ0n) is 18.1. The Morgan fingerprint density at radius 2 is 1.70 bits per heavy atom. The third-order valence-electron chi connectivity index (χ3n) is 5.60.